The number of amides is 1. The molecule has 2 fully saturated rings. The molecule has 1 saturated carbocycles. The van der Waals surface area contributed by atoms with Gasteiger partial charge in [0.05, 0.1) is 6.20 Å². The summed E-state index contributed by atoms with van der Waals surface area (Å²) in [7, 11) is 0. The second-order valence-electron chi connectivity index (χ2n) is 7.21. The standard InChI is InChI=1S/C19H23FN4O/c1-12-10-22-24(11-12)18-3-2-14(8-17(18)20)23-19(25)16-9-15(16)13-4-6-21-7-5-13/h2-3,8,10-11,13,15-16,21H,4-7,9H2,1H3,(H,23,25)/t15-,16+/m0/s1. The molecular formula is C19H23FN4O. The number of halogens is 1. The molecule has 25 heavy (non-hydrogen) atoms. The van der Waals surface area contributed by atoms with Crippen molar-refractivity contribution in [3.8, 4) is 5.69 Å². The van der Waals surface area contributed by atoms with E-state index in [4.69, 9.17) is 0 Å². The van der Waals surface area contributed by atoms with Crippen LogP contribution in [0.1, 0.15) is 24.8 Å². The van der Waals surface area contributed by atoms with Crippen LogP contribution in [-0.4, -0.2) is 28.8 Å². The number of aromatic nitrogens is 2. The van der Waals surface area contributed by atoms with E-state index in [-0.39, 0.29) is 11.8 Å². The van der Waals surface area contributed by atoms with Gasteiger partial charge in [-0.3, -0.25) is 4.79 Å². The quantitative estimate of drug-likeness (QED) is 0.898. The molecule has 2 aliphatic rings. The number of nitrogens with one attached hydrogen (secondary N) is 2. The molecule has 1 aliphatic carbocycles. The number of benzene rings is 1. The van der Waals surface area contributed by atoms with E-state index < -0.39 is 5.82 Å². The molecule has 2 heterocycles. The van der Waals surface area contributed by atoms with Crippen molar-refractivity contribution in [2.24, 2.45) is 17.8 Å². The zero-order chi connectivity index (χ0) is 17.4. The minimum Gasteiger partial charge on any atom is -0.326 e. The third kappa shape index (κ3) is 3.44. The van der Waals surface area contributed by atoms with Gasteiger partial charge < -0.3 is 10.6 Å². The first-order chi connectivity index (χ1) is 12.1. The number of carbonyl (C=O) groups excluding carboxylic acids is 1. The Morgan fingerprint density at radius 1 is 1.36 bits per heavy atom. The summed E-state index contributed by atoms with van der Waals surface area (Å²) in [4.78, 5) is 12.4. The van der Waals surface area contributed by atoms with E-state index in [9.17, 15) is 9.18 Å². The Balaban J connectivity index is 1.39. The Kier molecular flexibility index (Phi) is 4.29. The highest BCUT2D eigenvalue weighted by Crippen LogP contribution is 2.47. The van der Waals surface area contributed by atoms with Gasteiger partial charge in [-0.15, -0.1) is 0 Å². The fourth-order valence-corrected chi connectivity index (χ4v) is 3.86. The molecule has 4 rings (SSSR count). The lowest BCUT2D eigenvalue weighted by Crippen LogP contribution is -2.29. The Bertz CT molecular complexity index is 781. The predicted molar refractivity (Wildman–Crippen MR) is 94.1 cm³/mol. The molecule has 5 nitrogen and oxygen atoms in total. The monoisotopic (exact) mass is 342 g/mol. The van der Waals surface area contributed by atoms with Crippen LogP contribution in [0.3, 0.4) is 0 Å². The minimum absolute atomic E-state index is 0.0191. The summed E-state index contributed by atoms with van der Waals surface area (Å²) in [5, 5.41) is 10.4. The predicted octanol–water partition coefficient (Wildman–Crippen LogP) is 2.89. The van der Waals surface area contributed by atoms with Gasteiger partial charge in [-0.1, -0.05) is 0 Å². The van der Waals surface area contributed by atoms with Crippen molar-refractivity contribution in [1.82, 2.24) is 15.1 Å². The van der Waals surface area contributed by atoms with Crippen molar-refractivity contribution in [2.75, 3.05) is 18.4 Å². The second-order valence-corrected chi connectivity index (χ2v) is 7.21. The van der Waals surface area contributed by atoms with Crippen LogP contribution in [-0.2, 0) is 4.79 Å². The van der Waals surface area contributed by atoms with Crippen LogP contribution in [0, 0.1) is 30.5 Å². The van der Waals surface area contributed by atoms with E-state index in [2.05, 4.69) is 15.7 Å². The molecule has 2 atom stereocenters. The first kappa shape index (κ1) is 16.3. The van der Waals surface area contributed by atoms with Crippen molar-refractivity contribution >= 4 is 11.6 Å². The van der Waals surface area contributed by atoms with Crippen molar-refractivity contribution in [2.45, 2.75) is 26.2 Å². The summed E-state index contributed by atoms with van der Waals surface area (Å²) in [5.41, 5.74) is 1.85. The fourth-order valence-electron chi connectivity index (χ4n) is 3.86. The molecule has 132 valence electrons. The molecule has 0 unspecified atom stereocenters. The van der Waals surface area contributed by atoms with Crippen LogP contribution in [0.2, 0.25) is 0 Å². The van der Waals surface area contributed by atoms with Gasteiger partial charge in [0.1, 0.15) is 5.69 Å². The van der Waals surface area contributed by atoms with Gasteiger partial charge in [0.2, 0.25) is 5.91 Å². The van der Waals surface area contributed by atoms with Gasteiger partial charge in [-0.25, -0.2) is 9.07 Å². The van der Waals surface area contributed by atoms with Crippen molar-refractivity contribution in [3.63, 3.8) is 0 Å². The zero-order valence-corrected chi connectivity index (χ0v) is 14.3. The Hall–Kier alpha value is -2.21. The van der Waals surface area contributed by atoms with E-state index in [0.29, 0.717) is 23.2 Å². The molecule has 1 aromatic carbocycles. The summed E-state index contributed by atoms with van der Waals surface area (Å²) in [6, 6.07) is 4.75. The number of aryl methyl sites for hydroxylation is 1. The van der Waals surface area contributed by atoms with E-state index >= 15 is 0 Å². The lowest BCUT2D eigenvalue weighted by Gasteiger charge is -2.22. The number of piperidine rings is 1. The Morgan fingerprint density at radius 3 is 2.84 bits per heavy atom. The average molecular weight is 342 g/mol. The molecule has 6 heteroatoms. The largest absolute Gasteiger partial charge is 0.326 e. The van der Waals surface area contributed by atoms with E-state index in [0.717, 1.165) is 37.9 Å². The average Bonchev–Trinajstić information content (AvgIpc) is 3.31. The van der Waals surface area contributed by atoms with Gasteiger partial charge in [0, 0.05) is 17.8 Å². The first-order valence-corrected chi connectivity index (χ1v) is 8.94. The minimum atomic E-state index is -0.397. The maximum Gasteiger partial charge on any atom is 0.227 e. The van der Waals surface area contributed by atoms with E-state index in [1.165, 1.54) is 10.7 Å². The van der Waals surface area contributed by atoms with Crippen molar-refractivity contribution in [3.05, 3.63) is 42.0 Å². The molecule has 1 aromatic heterocycles. The number of rotatable bonds is 4. The van der Waals surface area contributed by atoms with Crippen molar-refractivity contribution in [1.29, 1.82) is 0 Å². The summed E-state index contributed by atoms with van der Waals surface area (Å²) >= 11 is 0. The molecule has 0 spiro atoms. The van der Waals surface area contributed by atoms with Crippen LogP contribution in [0.15, 0.2) is 30.6 Å². The maximum atomic E-state index is 14.4. The molecule has 2 aromatic rings. The van der Waals surface area contributed by atoms with Gasteiger partial charge in [-0.05, 0) is 74.9 Å². The summed E-state index contributed by atoms with van der Waals surface area (Å²) < 4.78 is 15.9. The van der Waals surface area contributed by atoms with Crippen LogP contribution in [0.4, 0.5) is 10.1 Å². The Labute approximate surface area is 146 Å². The third-order valence-corrected chi connectivity index (χ3v) is 5.34. The number of hydrogen-bond acceptors (Lipinski definition) is 3. The molecule has 0 radical (unpaired) electrons. The van der Waals surface area contributed by atoms with Gasteiger partial charge >= 0.3 is 0 Å². The smallest absolute Gasteiger partial charge is 0.227 e. The molecule has 1 saturated heterocycles. The highest BCUT2D eigenvalue weighted by molar-refractivity contribution is 5.94. The molecule has 1 aliphatic heterocycles. The van der Waals surface area contributed by atoms with E-state index in [1.807, 2.05) is 6.92 Å². The normalized spacial score (nSPS) is 23.4. The summed E-state index contributed by atoms with van der Waals surface area (Å²) in [5.74, 6) is 0.856. The zero-order valence-electron chi connectivity index (χ0n) is 14.3. The lowest BCUT2D eigenvalue weighted by atomic mass is 9.92. The topological polar surface area (TPSA) is 59.0 Å². The van der Waals surface area contributed by atoms with Crippen LogP contribution >= 0.6 is 0 Å². The SMILES string of the molecule is Cc1cnn(-c2ccc(NC(=O)[C@@H]3C[C@H]3C3CCNCC3)cc2F)c1. The fraction of sp³-hybridized carbons (Fsp3) is 0.474. The van der Waals surface area contributed by atoms with Gasteiger partial charge in [0.25, 0.3) is 0 Å². The second kappa shape index (κ2) is 6.59. The van der Waals surface area contributed by atoms with Gasteiger partial charge in [-0.2, -0.15) is 5.10 Å². The van der Waals surface area contributed by atoms with Crippen LogP contribution in [0.25, 0.3) is 5.69 Å². The maximum absolute atomic E-state index is 14.4. The number of anilines is 1. The number of carbonyl (C=O) groups is 1. The van der Waals surface area contributed by atoms with E-state index in [1.54, 1.807) is 24.5 Å². The highest BCUT2D eigenvalue weighted by atomic mass is 19.1. The van der Waals surface area contributed by atoms with Gasteiger partial charge in [0.15, 0.2) is 5.82 Å². The lowest BCUT2D eigenvalue weighted by molar-refractivity contribution is -0.117. The molecule has 2 N–H and O–H groups in total. The molecule has 1 amide bonds. The molecule has 0 bridgehead atoms. The third-order valence-electron chi connectivity index (χ3n) is 5.34. The van der Waals surface area contributed by atoms with Crippen LogP contribution < -0.4 is 10.6 Å². The molecular weight excluding hydrogens is 319 g/mol. The van der Waals surface area contributed by atoms with Crippen molar-refractivity contribution < 1.29 is 9.18 Å². The summed E-state index contributed by atoms with van der Waals surface area (Å²) in [6.45, 7) is 4.01. The first-order valence-electron chi connectivity index (χ1n) is 8.94. The number of hydrogen-bond donors (Lipinski definition) is 2. The number of nitrogens with zero attached hydrogens (tertiary/aromatic N) is 2. The highest BCUT2D eigenvalue weighted by Gasteiger charge is 2.47. The Morgan fingerprint density at radius 2 is 2.16 bits per heavy atom. The van der Waals surface area contributed by atoms with Crippen LogP contribution in [0.5, 0.6) is 0 Å². The summed E-state index contributed by atoms with van der Waals surface area (Å²) in [6.07, 6.45) is 6.72.